The molecule has 27 nitrogen and oxygen atoms in total. The van der Waals surface area contributed by atoms with Gasteiger partial charge in [0.1, 0.15) is 51.8 Å². The molecule has 7 rings (SSSR count). The number of hydrogen-bond donors (Lipinski definition) is 4. The Hall–Kier alpha value is -2.33. The molecule has 2 heterocycles. The average molecular weight is 1180 g/mol. The van der Waals surface area contributed by atoms with Crippen LogP contribution in [0, 0.1) is 0 Å². The molecule has 0 bridgehead atoms. The number of para-hydroxylation sites is 1. The fourth-order valence-electron chi connectivity index (χ4n) is 6.08. The number of aromatic carboxylic acids is 1. The Labute approximate surface area is 539 Å². The van der Waals surface area contributed by atoms with E-state index in [1.54, 1.807) is 37.4 Å². The van der Waals surface area contributed by atoms with Crippen LogP contribution in [0.1, 0.15) is 10.4 Å². The number of nitrogens with zero attached hydrogens (tertiary/aromatic N) is 9. The van der Waals surface area contributed by atoms with Crippen LogP contribution in [0.2, 0.25) is 10.6 Å². The van der Waals surface area contributed by atoms with Crippen LogP contribution in [0.4, 0.5) is 57.9 Å². The number of nitrogens with one attached hydrogen (secondary N) is 3. The summed E-state index contributed by atoms with van der Waals surface area (Å²) in [4.78, 5) is 32.7. The van der Waals surface area contributed by atoms with Crippen LogP contribution >= 0.6 is 23.2 Å². The number of aromatic nitrogens is 6. The molecule has 0 aliphatic heterocycles. The van der Waals surface area contributed by atoms with E-state index < -0.39 is 134 Å². The molecule has 358 valence electrons. The monoisotopic (exact) mass is 1170 g/mol. The van der Waals surface area contributed by atoms with Gasteiger partial charge in [0.2, 0.25) is 34.4 Å². The summed E-state index contributed by atoms with van der Waals surface area (Å²) in [6.45, 7) is 0. The zero-order valence-corrected chi connectivity index (χ0v) is 53.4. The van der Waals surface area contributed by atoms with Gasteiger partial charge >= 0.3 is 148 Å². The number of rotatable bonds is 15. The van der Waals surface area contributed by atoms with Crippen LogP contribution in [0.5, 0.6) is 5.75 Å². The SMILES string of the molecule is CN(c1ccccc1)c1nc(Cl)nc(Nc2cc(S(=O)(=O)[O-])cc3cc(S(=O)(=O)[O-])c(N=Nc4cc(Nc5nc(Cl)nc(Nc6ccc(S(=O)(=O)[O-])cc6C(=O)[O-])n5)ccc4S(=O)(=O)[O-])c(O)c23)n1.[Na+].[Na+].[Na+].[Na+].[Na+]. The zero-order chi connectivity index (χ0) is 50.4. The number of anilines is 8. The second-order valence-corrected chi connectivity index (χ2v) is 19.7. The Morgan fingerprint density at radius 1 is 0.595 bits per heavy atom. The first-order valence-electron chi connectivity index (χ1n) is 18.2. The maximum Gasteiger partial charge on any atom is 1.00 e. The Morgan fingerprint density at radius 3 is 1.72 bits per heavy atom. The van der Waals surface area contributed by atoms with Gasteiger partial charge in [0, 0.05) is 29.4 Å². The van der Waals surface area contributed by atoms with Gasteiger partial charge in [0.05, 0.1) is 36.9 Å². The minimum atomic E-state index is -5.73. The number of fused-ring (bicyclic) bond motifs is 1. The molecule has 0 saturated heterocycles. The van der Waals surface area contributed by atoms with E-state index in [1.807, 2.05) is 0 Å². The molecule has 0 aliphatic carbocycles. The number of carboxylic acid groups (broad SMARTS) is 1. The van der Waals surface area contributed by atoms with E-state index in [0.29, 0.717) is 36.0 Å². The molecule has 4 N–H and O–H groups in total. The molecule has 0 unspecified atom stereocenters. The van der Waals surface area contributed by atoms with Crippen LogP contribution in [0.3, 0.4) is 0 Å². The van der Waals surface area contributed by atoms with E-state index in [-0.39, 0.29) is 165 Å². The first-order valence-corrected chi connectivity index (χ1v) is 24.6. The van der Waals surface area contributed by atoms with E-state index in [9.17, 15) is 66.9 Å². The number of carbonyl (C=O) groups excluding carboxylic acids is 1. The first-order chi connectivity index (χ1) is 32.1. The van der Waals surface area contributed by atoms with Crippen molar-refractivity contribution in [3.8, 4) is 5.75 Å². The maximum absolute atomic E-state index is 12.7. The van der Waals surface area contributed by atoms with Gasteiger partial charge in [-0.3, -0.25) is 0 Å². The third-order valence-corrected chi connectivity index (χ3v) is 12.8. The van der Waals surface area contributed by atoms with Crippen LogP contribution in [-0.4, -0.2) is 99.9 Å². The predicted molar refractivity (Wildman–Crippen MR) is 233 cm³/mol. The fourth-order valence-corrected chi connectivity index (χ4v) is 8.66. The Kier molecular flexibility index (Phi) is 24.8. The number of benzene rings is 5. The third-order valence-electron chi connectivity index (χ3n) is 9.06. The standard InChI is InChI=1S/C36H26Cl2N12O15S4.5Na/c1-50(18-5-3-2-4-6-18)36-45-32(38)44-35(47-36)41-24-15-20(67(57,58)59)11-16-12-26(69(63,64)65)28(29(51)27(16)24)49-48-23-13-17(7-10-25(23)68(60,61)62)39-33-42-31(37)43-34(46-33)40-22-9-8-19(66(54,55)56)14-21(22)30(52)53;;;;;/h2-15,51H,1H3,(H,52,53)(H,54,55,56)(H,57,58,59)(H,60,61,62)(H,63,64,65)(H,41,44,45,47)(H2,39,40,42,43,46);;;;;/q;5*+1/p-5. The zero-order valence-electron chi connectivity index (χ0n) is 38.7. The van der Waals surface area contributed by atoms with E-state index >= 15 is 0 Å². The predicted octanol–water partition coefficient (Wildman–Crippen LogP) is -11.4. The number of halogens is 2. The molecule has 0 spiro atoms. The Bertz CT molecular complexity index is 3790. The fraction of sp³-hybridized carbons (Fsp3) is 0.0278. The number of hydrogen-bond acceptors (Lipinski definition) is 27. The minimum absolute atomic E-state index is 0. The van der Waals surface area contributed by atoms with Gasteiger partial charge in [0.25, 0.3) is 0 Å². The molecule has 0 fully saturated rings. The quantitative estimate of drug-likeness (QED) is 0.0421. The summed E-state index contributed by atoms with van der Waals surface area (Å²) in [5.74, 6) is -4.63. The van der Waals surface area contributed by atoms with Crippen LogP contribution in [-0.2, 0) is 40.5 Å². The molecular weight excluding hydrogens is 1150 g/mol. The number of azo groups is 1. The third kappa shape index (κ3) is 16.6. The van der Waals surface area contributed by atoms with Crippen molar-refractivity contribution in [1.82, 2.24) is 29.9 Å². The molecule has 38 heteroatoms. The Balaban J connectivity index is 0.00000375. The molecule has 74 heavy (non-hydrogen) atoms. The largest absolute Gasteiger partial charge is 1.00 e. The molecule has 7 aromatic rings. The number of carbonyl (C=O) groups is 1. The van der Waals surface area contributed by atoms with Crippen molar-refractivity contribution >= 4 is 138 Å². The molecule has 0 atom stereocenters. The summed E-state index contributed by atoms with van der Waals surface area (Å²) in [6, 6.07) is 15.0. The summed E-state index contributed by atoms with van der Waals surface area (Å²) in [5.41, 5.74) is -3.44. The topological polar surface area (TPSA) is 431 Å². The number of phenols is 1. The Morgan fingerprint density at radius 2 is 1.15 bits per heavy atom. The maximum atomic E-state index is 12.7. The van der Waals surface area contributed by atoms with Gasteiger partial charge in [-0.25, -0.2) is 33.7 Å². The van der Waals surface area contributed by atoms with Crippen molar-refractivity contribution in [3.05, 3.63) is 101 Å². The number of aromatic hydroxyl groups is 1. The van der Waals surface area contributed by atoms with Gasteiger partial charge in [-0.1, -0.05) is 18.2 Å². The van der Waals surface area contributed by atoms with E-state index in [2.05, 4.69) is 56.1 Å². The number of carboxylic acids is 1. The summed E-state index contributed by atoms with van der Waals surface area (Å²) in [6.07, 6.45) is 0. The van der Waals surface area contributed by atoms with Crippen molar-refractivity contribution in [2.75, 3.05) is 27.9 Å². The van der Waals surface area contributed by atoms with Crippen LogP contribution in [0.25, 0.3) is 10.8 Å². The van der Waals surface area contributed by atoms with Gasteiger partial charge in [-0.05, 0) is 95.3 Å². The molecule has 0 saturated carbocycles. The molecule has 0 aliphatic rings. The minimum Gasteiger partial charge on any atom is -0.744 e. The van der Waals surface area contributed by atoms with Crippen molar-refractivity contribution in [2.24, 2.45) is 10.2 Å². The average Bonchev–Trinajstić information content (AvgIpc) is 3.24. The summed E-state index contributed by atoms with van der Waals surface area (Å²) in [7, 11) is -20.1. The second-order valence-electron chi connectivity index (χ2n) is 13.6. The first kappa shape index (κ1) is 67.8. The van der Waals surface area contributed by atoms with Gasteiger partial charge in [-0.2, -0.15) is 29.9 Å². The number of phenolic OH excluding ortho intramolecular Hbond substituents is 1. The van der Waals surface area contributed by atoms with Crippen molar-refractivity contribution in [3.63, 3.8) is 0 Å². The summed E-state index contributed by atoms with van der Waals surface area (Å²) < 4.78 is 146. The van der Waals surface area contributed by atoms with Crippen LogP contribution in [0.15, 0.2) is 115 Å². The molecular formula is C36H21Cl2N12Na5O15S4. The van der Waals surface area contributed by atoms with Crippen LogP contribution < -0.4 is 174 Å². The van der Waals surface area contributed by atoms with E-state index in [1.165, 1.54) is 4.90 Å². The van der Waals surface area contributed by atoms with Crippen molar-refractivity contribution in [1.29, 1.82) is 0 Å². The van der Waals surface area contributed by atoms with Gasteiger partial charge in [-0.15, -0.1) is 10.2 Å². The summed E-state index contributed by atoms with van der Waals surface area (Å²) >= 11 is 12.2. The van der Waals surface area contributed by atoms with Gasteiger partial charge in [0.15, 0.2) is 5.75 Å². The molecule has 0 radical (unpaired) electrons. The molecule has 2 aromatic heterocycles. The van der Waals surface area contributed by atoms with Crippen molar-refractivity contribution < 1.29 is 215 Å². The molecule has 5 aromatic carbocycles. The van der Waals surface area contributed by atoms with Gasteiger partial charge < -0.3 is 54.1 Å². The second kappa shape index (κ2) is 27.0. The van der Waals surface area contributed by atoms with E-state index in [0.717, 1.165) is 24.3 Å². The molecule has 0 amide bonds. The normalized spacial score (nSPS) is 11.4. The summed E-state index contributed by atoms with van der Waals surface area (Å²) in [5, 5.41) is 36.3. The van der Waals surface area contributed by atoms with E-state index in [4.69, 9.17) is 23.2 Å². The van der Waals surface area contributed by atoms with Crippen molar-refractivity contribution in [2.45, 2.75) is 19.6 Å². The smallest absolute Gasteiger partial charge is 0.744 e.